The number of hydrogen-bond acceptors (Lipinski definition) is 2. The van der Waals surface area contributed by atoms with Crippen molar-refractivity contribution in [2.75, 3.05) is 14.2 Å². The Labute approximate surface area is 109 Å². The van der Waals surface area contributed by atoms with Gasteiger partial charge in [0.15, 0.2) is 11.5 Å². The highest BCUT2D eigenvalue weighted by atomic mass is 79.9. The second-order valence-corrected chi connectivity index (χ2v) is 4.38. The molecule has 0 aromatic heterocycles. The number of methoxy groups -OCH3 is 2. The van der Waals surface area contributed by atoms with Crippen LogP contribution in [0.1, 0.15) is 0 Å². The highest BCUT2D eigenvalue weighted by Gasteiger charge is 2.14. The minimum Gasteiger partial charge on any atom is -0.492 e. The van der Waals surface area contributed by atoms with E-state index in [2.05, 4.69) is 15.9 Å². The molecular formula is C14H13BrO2. The molecule has 0 bridgehead atoms. The van der Waals surface area contributed by atoms with Crippen LogP contribution < -0.4 is 9.47 Å². The lowest BCUT2D eigenvalue weighted by molar-refractivity contribution is 0.354. The predicted molar refractivity (Wildman–Crippen MR) is 72.7 cm³/mol. The van der Waals surface area contributed by atoms with Gasteiger partial charge in [-0.25, -0.2) is 0 Å². The lowest BCUT2D eigenvalue weighted by atomic mass is 10.0. The lowest BCUT2D eigenvalue weighted by Gasteiger charge is -2.14. The van der Waals surface area contributed by atoms with E-state index in [0.717, 1.165) is 21.3 Å². The van der Waals surface area contributed by atoms with E-state index in [0.29, 0.717) is 5.75 Å². The molecule has 0 aliphatic rings. The van der Waals surface area contributed by atoms with Crippen molar-refractivity contribution in [3.8, 4) is 22.6 Å². The fraction of sp³-hybridized carbons (Fsp3) is 0.143. The van der Waals surface area contributed by atoms with Crippen LogP contribution in [-0.4, -0.2) is 14.2 Å². The molecule has 2 rings (SSSR count). The maximum Gasteiger partial charge on any atom is 0.175 e. The summed E-state index contributed by atoms with van der Waals surface area (Å²) in [4.78, 5) is 0. The Morgan fingerprint density at radius 2 is 1.47 bits per heavy atom. The second kappa shape index (κ2) is 5.23. The first-order valence-corrected chi connectivity index (χ1v) is 6.03. The Bertz CT molecular complexity index is 509. The highest BCUT2D eigenvalue weighted by molar-refractivity contribution is 9.10. The van der Waals surface area contributed by atoms with Gasteiger partial charge in [0.25, 0.3) is 0 Å². The van der Waals surface area contributed by atoms with Gasteiger partial charge < -0.3 is 9.47 Å². The third kappa shape index (κ3) is 2.29. The molecule has 0 aliphatic carbocycles. The molecule has 88 valence electrons. The second-order valence-electron chi connectivity index (χ2n) is 3.53. The van der Waals surface area contributed by atoms with E-state index in [-0.39, 0.29) is 0 Å². The van der Waals surface area contributed by atoms with Gasteiger partial charge in [-0.15, -0.1) is 0 Å². The number of ether oxygens (including phenoxy) is 2. The van der Waals surface area contributed by atoms with E-state index in [1.54, 1.807) is 14.2 Å². The Hall–Kier alpha value is -1.48. The highest BCUT2D eigenvalue weighted by Crippen LogP contribution is 2.42. The molecule has 2 aromatic carbocycles. The zero-order valence-corrected chi connectivity index (χ0v) is 11.3. The fourth-order valence-electron chi connectivity index (χ4n) is 1.78. The minimum atomic E-state index is 0.717. The van der Waals surface area contributed by atoms with Crippen LogP contribution in [0.25, 0.3) is 11.1 Å². The van der Waals surface area contributed by atoms with Crippen LogP contribution in [-0.2, 0) is 0 Å². The third-order valence-electron chi connectivity index (χ3n) is 2.56. The van der Waals surface area contributed by atoms with E-state index in [1.165, 1.54) is 0 Å². The topological polar surface area (TPSA) is 18.5 Å². The van der Waals surface area contributed by atoms with E-state index >= 15 is 0 Å². The first kappa shape index (κ1) is 12.0. The maximum absolute atomic E-state index is 5.45. The van der Waals surface area contributed by atoms with E-state index in [4.69, 9.17) is 9.47 Å². The van der Waals surface area contributed by atoms with Crippen molar-refractivity contribution < 1.29 is 9.47 Å². The lowest BCUT2D eigenvalue weighted by Crippen LogP contribution is -1.94. The Balaban J connectivity index is 2.63. The number of hydrogen-bond donors (Lipinski definition) is 0. The summed E-state index contributed by atoms with van der Waals surface area (Å²) in [6.07, 6.45) is 0. The Morgan fingerprint density at radius 1 is 0.824 bits per heavy atom. The fourth-order valence-corrected chi connectivity index (χ4v) is 2.25. The summed E-state index contributed by atoms with van der Waals surface area (Å²) < 4.78 is 11.7. The molecule has 0 unspecified atom stereocenters. The summed E-state index contributed by atoms with van der Waals surface area (Å²) in [5.74, 6) is 1.46. The zero-order chi connectivity index (χ0) is 12.3. The average molecular weight is 293 g/mol. The van der Waals surface area contributed by atoms with E-state index in [1.807, 2.05) is 42.5 Å². The van der Waals surface area contributed by atoms with Crippen LogP contribution in [0.5, 0.6) is 11.5 Å². The van der Waals surface area contributed by atoms with Crippen molar-refractivity contribution in [2.45, 2.75) is 0 Å². The smallest absolute Gasteiger partial charge is 0.175 e. The standard InChI is InChI=1S/C14H13BrO2/c1-16-13-11(10-6-4-3-5-7-10)8-9-12(15)14(13)17-2/h3-9H,1-2H3. The number of benzene rings is 2. The zero-order valence-electron chi connectivity index (χ0n) is 9.74. The van der Waals surface area contributed by atoms with Crippen molar-refractivity contribution in [1.82, 2.24) is 0 Å². The maximum atomic E-state index is 5.45. The summed E-state index contributed by atoms with van der Waals surface area (Å²) in [6, 6.07) is 14.1. The molecule has 0 amide bonds. The van der Waals surface area contributed by atoms with Gasteiger partial charge in [-0.3, -0.25) is 0 Å². The molecular weight excluding hydrogens is 280 g/mol. The van der Waals surface area contributed by atoms with Crippen LogP contribution >= 0.6 is 15.9 Å². The van der Waals surface area contributed by atoms with Crippen molar-refractivity contribution in [1.29, 1.82) is 0 Å². The van der Waals surface area contributed by atoms with Crippen molar-refractivity contribution in [2.24, 2.45) is 0 Å². The molecule has 0 aliphatic heterocycles. The molecule has 0 saturated carbocycles. The van der Waals surface area contributed by atoms with Gasteiger partial charge in [0.05, 0.1) is 18.7 Å². The minimum absolute atomic E-state index is 0.717. The predicted octanol–water partition coefficient (Wildman–Crippen LogP) is 4.13. The number of rotatable bonds is 3. The number of halogens is 1. The van der Waals surface area contributed by atoms with Crippen LogP contribution in [0.4, 0.5) is 0 Å². The van der Waals surface area contributed by atoms with Gasteiger partial charge in [0.2, 0.25) is 0 Å². The van der Waals surface area contributed by atoms with Crippen LogP contribution in [0.15, 0.2) is 46.9 Å². The summed E-state index contributed by atoms with van der Waals surface area (Å²) in [5, 5.41) is 0. The average Bonchev–Trinajstić information content (AvgIpc) is 2.39. The molecule has 0 fully saturated rings. The summed E-state index contributed by atoms with van der Waals surface area (Å²) in [7, 11) is 3.29. The SMILES string of the molecule is COc1c(Br)ccc(-c2ccccc2)c1OC. The molecule has 17 heavy (non-hydrogen) atoms. The molecule has 0 heterocycles. The van der Waals surface area contributed by atoms with E-state index < -0.39 is 0 Å². The quantitative estimate of drug-likeness (QED) is 0.847. The molecule has 3 heteroatoms. The summed E-state index contributed by atoms with van der Waals surface area (Å²) in [5.41, 5.74) is 2.13. The Kier molecular flexibility index (Phi) is 3.69. The van der Waals surface area contributed by atoms with Gasteiger partial charge in [-0.05, 0) is 33.6 Å². The monoisotopic (exact) mass is 292 g/mol. The van der Waals surface area contributed by atoms with Gasteiger partial charge in [-0.2, -0.15) is 0 Å². The van der Waals surface area contributed by atoms with Gasteiger partial charge in [0.1, 0.15) is 0 Å². The molecule has 2 aromatic rings. The Morgan fingerprint density at radius 3 is 2.06 bits per heavy atom. The van der Waals surface area contributed by atoms with Crippen molar-refractivity contribution in [3.05, 3.63) is 46.9 Å². The first-order valence-electron chi connectivity index (χ1n) is 5.24. The van der Waals surface area contributed by atoms with Gasteiger partial charge >= 0.3 is 0 Å². The summed E-state index contributed by atoms with van der Waals surface area (Å²) >= 11 is 3.45. The summed E-state index contributed by atoms with van der Waals surface area (Å²) in [6.45, 7) is 0. The van der Waals surface area contributed by atoms with Crippen molar-refractivity contribution in [3.63, 3.8) is 0 Å². The first-order chi connectivity index (χ1) is 8.27. The molecule has 0 saturated heterocycles. The van der Waals surface area contributed by atoms with Gasteiger partial charge in [-0.1, -0.05) is 30.3 Å². The third-order valence-corrected chi connectivity index (χ3v) is 3.18. The van der Waals surface area contributed by atoms with Gasteiger partial charge in [0, 0.05) is 5.56 Å². The normalized spacial score (nSPS) is 10.1. The molecule has 0 N–H and O–H groups in total. The van der Waals surface area contributed by atoms with Crippen molar-refractivity contribution >= 4 is 15.9 Å². The molecule has 0 spiro atoms. The largest absolute Gasteiger partial charge is 0.492 e. The van der Waals surface area contributed by atoms with E-state index in [9.17, 15) is 0 Å². The van der Waals surface area contributed by atoms with Crippen LogP contribution in [0, 0.1) is 0 Å². The molecule has 2 nitrogen and oxygen atoms in total. The molecule has 0 radical (unpaired) electrons. The van der Waals surface area contributed by atoms with Crippen LogP contribution in [0.2, 0.25) is 0 Å². The molecule has 0 atom stereocenters. The van der Waals surface area contributed by atoms with Crippen LogP contribution in [0.3, 0.4) is 0 Å².